The van der Waals surface area contributed by atoms with Crippen LogP contribution in [-0.4, -0.2) is 86.9 Å². The minimum absolute atomic E-state index is 0.0880. The van der Waals surface area contributed by atoms with Crippen LogP contribution in [0, 0.1) is 0 Å². The summed E-state index contributed by atoms with van der Waals surface area (Å²) in [4.78, 5) is 58.7. The van der Waals surface area contributed by atoms with Crippen molar-refractivity contribution < 1.29 is 32.0 Å². The Hall–Kier alpha value is -4.88. The molecule has 2 N–H and O–H groups in total. The van der Waals surface area contributed by atoms with E-state index >= 15 is 0 Å². The molecule has 1 saturated heterocycles. The van der Waals surface area contributed by atoms with Crippen LogP contribution in [0.15, 0.2) is 82.0 Å². The molecule has 10 nitrogen and oxygen atoms in total. The van der Waals surface area contributed by atoms with Crippen molar-refractivity contribution in [3.05, 3.63) is 110 Å². The maximum Gasteiger partial charge on any atom is 0.416 e. The molecule has 0 spiro atoms. The number of halogens is 4. The average molecular weight is 698 g/mol. The van der Waals surface area contributed by atoms with Crippen LogP contribution in [0.25, 0.3) is 11.0 Å². The molecule has 0 saturated carbocycles. The van der Waals surface area contributed by atoms with E-state index in [0.717, 1.165) is 23.9 Å². The molecule has 2 heterocycles. The number of carbonyl (C=O) groups excluding carboxylic acids is 3. The maximum absolute atomic E-state index is 13.9. The molecule has 3 aromatic carbocycles. The lowest BCUT2D eigenvalue weighted by Gasteiger charge is -2.38. The van der Waals surface area contributed by atoms with Crippen LogP contribution >= 0.6 is 11.6 Å². The number of amides is 3. The van der Waals surface area contributed by atoms with Crippen molar-refractivity contribution in [3.8, 4) is 0 Å². The highest BCUT2D eigenvalue weighted by Crippen LogP contribution is 2.31. The van der Waals surface area contributed by atoms with Gasteiger partial charge in [-0.25, -0.2) is 0 Å². The van der Waals surface area contributed by atoms with Crippen molar-refractivity contribution in [1.82, 2.24) is 20.4 Å². The van der Waals surface area contributed by atoms with Crippen LogP contribution < -0.4 is 21.0 Å². The number of piperazine rings is 1. The molecule has 0 aliphatic carbocycles. The summed E-state index contributed by atoms with van der Waals surface area (Å²) in [6, 6.07) is 16.2. The smallest absolute Gasteiger partial charge is 0.416 e. The summed E-state index contributed by atoms with van der Waals surface area (Å²) >= 11 is 6.05. The lowest BCUT2D eigenvalue weighted by molar-refractivity contribution is -0.137. The van der Waals surface area contributed by atoms with Gasteiger partial charge >= 0.3 is 6.18 Å². The quantitative estimate of drug-likeness (QED) is 0.252. The first kappa shape index (κ1) is 35.4. The van der Waals surface area contributed by atoms with Gasteiger partial charge in [0.25, 0.3) is 11.8 Å². The summed E-state index contributed by atoms with van der Waals surface area (Å²) < 4.78 is 45.1. The Balaban J connectivity index is 1.32. The van der Waals surface area contributed by atoms with Crippen LogP contribution in [-0.2, 0) is 17.4 Å². The minimum Gasteiger partial charge on any atom is -0.451 e. The first-order valence-electron chi connectivity index (χ1n) is 15.6. The molecule has 1 aromatic heterocycles. The lowest BCUT2D eigenvalue weighted by Crippen LogP contribution is -2.55. The van der Waals surface area contributed by atoms with E-state index in [1.54, 1.807) is 41.3 Å². The van der Waals surface area contributed by atoms with E-state index in [1.165, 1.54) is 0 Å². The average Bonchev–Trinajstić information content (AvgIpc) is 3.07. The standard InChI is InChI=1S/C35H35ClF3N5O5/c1-42(2)14-13-40-32(46)25-5-3-4-6-28(25)43-15-17-44(18-16-43)34(48)27(19-22-7-10-24(36)11-8-22)41-33(47)31-21-29(45)26-20-23(35(37,38)39)9-12-30(26)49-31/h3-12,20-21,27H,13-19H2,1-2H3,(H,40,46)(H,41,47)/t27-/m1/s1. The number of nitrogens with one attached hydrogen (secondary N) is 2. The van der Waals surface area contributed by atoms with Crippen molar-refractivity contribution in [3.63, 3.8) is 0 Å². The van der Waals surface area contributed by atoms with Gasteiger partial charge in [0.2, 0.25) is 5.91 Å². The van der Waals surface area contributed by atoms with E-state index < -0.39 is 34.9 Å². The van der Waals surface area contributed by atoms with Crippen molar-refractivity contribution in [2.45, 2.75) is 18.6 Å². The van der Waals surface area contributed by atoms with Gasteiger partial charge in [-0.15, -0.1) is 0 Å². The molecular weight excluding hydrogens is 663 g/mol. The number of likely N-dealkylation sites (N-methyl/N-ethyl adjacent to an activating group) is 1. The van der Waals surface area contributed by atoms with Crippen LogP contribution in [0.1, 0.15) is 32.0 Å². The van der Waals surface area contributed by atoms with Crippen molar-refractivity contribution >= 4 is 46.0 Å². The van der Waals surface area contributed by atoms with E-state index in [9.17, 15) is 32.3 Å². The fourth-order valence-electron chi connectivity index (χ4n) is 5.55. The van der Waals surface area contributed by atoms with Gasteiger partial charge in [-0.05, 0) is 62.1 Å². The predicted molar refractivity (Wildman–Crippen MR) is 180 cm³/mol. The molecule has 49 heavy (non-hydrogen) atoms. The van der Waals surface area contributed by atoms with E-state index in [-0.39, 0.29) is 29.2 Å². The third-order valence-corrected chi connectivity index (χ3v) is 8.41. The molecule has 5 rings (SSSR count). The molecule has 1 aliphatic rings. The largest absolute Gasteiger partial charge is 0.451 e. The molecule has 0 unspecified atom stereocenters. The van der Waals surface area contributed by atoms with Gasteiger partial charge in [0, 0.05) is 62.5 Å². The first-order valence-corrected chi connectivity index (χ1v) is 15.9. The van der Waals surface area contributed by atoms with Crippen LogP contribution in [0.3, 0.4) is 0 Å². The first-order chi connectivity index (χ1) is 23.3. The topological polar surface area (TPSA) is 115 Å². The number of benzene rings is 3. The fraction of sp³-hybridized carbons (Fsp3) is 0.314. The summed E-state index contributed by atoms with van der Waals surface area (Å²) in [5.74, 6) is -1.89. The van der Waals surface area contributed by atoms with Crippen LogP contribution in [0.2, 0.25) is 5.02 Å². The molecule has 3 amide bonds. The van der Waals surface area contributed by atoms with E-state index in [0.29, 0.717) is 61.5 Å². The second-order valence-corrected chi connectivity index (χ2v) is 12.4. The molecule has 4 aromatic rings. The number of para-hydroxylation sites is 1. The highest BCUT2D eigenvalue weighted by atomic mass is 35.5. The normalized spacial score (nSPS) is 14.2. The van der Waals surface area contributed by atoms with Crippen molar-refractivity contribution in [2.75, 3.05) is 58.3 Å². The van der Waals surface area contributed by atoms with E-state index in [1.807, 2.05) is 36.0 Å². The summed E-state index contributed by atoms with van der Waals surface area (Å²) in [5, 5.41) is 5.77. The Morgan fingerprint density at radius 1 is 0.939 bits per heavy atom. The van der Waals surface area contributed by atoms with Gasteiger partial charge in [0.15, 0.2) is 11.2 Å². The Bertz CT molecular complexity index is 1890. The number of nitrogens with zero attached hydrogens (tertiary/aromatic N) is 3. The minimum atomic E-state index is -4.67. The number of hydrogen-bond acceptors (Lipinski definition) is 7. The Morgan fingerprint density at radius 2 is 1.63 bits per heavy atom. The Labute approximate surface area is 285 Å². The number of anilines is 1. The second-order valence-electron chi connectivity index (χ2n) is 11.9. The Morgan fingerprint density at radius 3 is 2.31 bits per heavy atom. The molecule has 0 radical (unpaired) electrons. The molecule has 1 atom stereocenters. The van der Waals surface area contributed by atoms with Gasteiger partial charge in [0.1, 0.15) is 11.6 Å². The van der Waals surface area contributed by atoms with Crippen LogP contribution in [0.5, 0.6) is 0 Å². The van der Waals surface area contributed by atoms with Gasteiger partial charge in [0.05, 0.1) is 16.5 Å². The summed E-state index contributed by atoms with van der Waals surface area (Å²) in [6.07, 6.45) is -4.58. The highest BCUT2D eigenvalue weighted by molar-refractivity contribution is 6.30. The zero-order chi connectivity index (χ0) is 35.3. The van der Waals surface area contributed by atoms with E-state index in [4.69, 9.17) is 16.0 Å². The number of rotatable bonds is 10. The predicted octanol–water partition coefficient (Wildman–Crippen LogP) is 4.45. The molecule has 258 valence electrons. The summed E-state index contributed by atoms with van der Waals surface area (Å²) in [5.41, 5.74) is -0.0764. The monoisotopic (exact) mass is 697 g/mol. The van der Waals surface area contributed by atoms with Crippen molar-refractivity contribution in [1.29, 1.82) is 0 Å². The number of carbonyl (C=O) groups is 3. The zero-order valence-electron chi connectivity index (χ0n) is 26.9. The summed E-state index contributed by atoms with van der Waals surface area (Å²) in [7, 11) is 3.85. The van der Waals surface area contributed by atoms with E-state index in [2.05, 4.69) is 10.6 Å². The molecular formula is C35H35ClF3N5O5. The van der Waals surface area contributed by atoms with Gasteiger partial charge in [-0.2, -0.15) is 13.2 Å². The molecule has 14 heteroatoms. The Kier molecular flexibility index (Phi) is 10.9. The number of alkyl halides is 3. The third-order valence-electron chi connectivity index (χ3n) is 8.16. The zero-order valence-corrected chi connectivity index (χ0v) is 27.6. The second kappa shape index (κ2) is 15.1. The molecule has 0 bridgehead atoms. The van der Waals surface area contributed by atoms with Gasteiger partial charge in [-0.1, -0.05) is 35.9 Å². The third kappa shape index (κ3) is 8.78. The van der Waals surface area contributed by atoms with Crippen LogP contribution in [0.4, 0.5) is 18.9 Å². The lowest BCUT2D eigenvalue weighted by atomic mass is 10.0. The van der Waals surface area contributed by atoms with Gasteiger partial charge < -0.3 is 29.8 Å². The molecule has 1 aliphatic heterocycles. The van der Waals surface area contributed by atoms with Crippen molar-refractivity contribution in [2.24, 2.45) is 0 Å². The molecule has 1 fully saturated rings. The number of fused-ring (bicyclic) bond motifs is 1. The summed E-state index contributed by atoms with van der Waals surface area (Å²) in [6.45, 7) is 2.64. The maximum atomic E-state index is 13.9. The highest BCUT2D eigenvalue weighted by Gasteiger charge is 2.32. The van der Waals surface area contributed by atoms with Gasteiger partial charge in [-0.3, -0.25) is 19.2 Å². The SMILES string of the molecule is CN(C)CCNC(=O)c1ccccc1N1CCN(C(=O)[C@@H](Cc2ccc(Cl)cc2)NC(=O)c2cc(=O)c3cc(C(F)(F)F)ccc3o2)CC1. The number of hydrogen-bond donors (Lipinski definition) is 2. The fourth-order valence-corrected chi connectivity index (χ4v) is 5.67.